The number of hydrogen-bond donors (Lipinski definition) is 1. The van der Waals surface area contributed by atoms with Crippen LogP contribution in [-0.4, -0.2) is 49.0 Å². The van der Waals surface area contributed by atoms with Crippen molar-refractivity contribution in [2.45, 2.75) is 26.7 Å². The van der Waals surface area contributed by atoms with E-state index >= 15 is 0 Å². The maximum Gasteiger partial charge on any atom is 0.274 e. The highest BCUT2D eigenvalue weighted by Crippen LogP contribution is 2.23. The van der Waals surface area contributed by atoms with Gasteiger partial charge in [-0.25, -0.2) is 4.98 Å². The molecule has 1 aliphatic rings. The average molecular weight is 352 g/mol. The predicted molar refractivity (Wildman–Crippen MR) is 107 cm³/mol. The van der Waals surface area contributed by atoms with E-state index in [1.165, 1.54) is 0 Å². The van der Waals surface area contributed by atoms with Crippen molar-refractivity contribution in [3.63, 3.8) is 0 Å². The highest BCUT2D eigenvalue weighted by Gasteiger charge is 2.16. The molecule has 0 unspecified atom stereocenters. The molecular formula is C21H28N4O. The van der Waals surface area contributed by atoms with Crippen molar-refractivity contribution in [2.75, 3.05) is 43.4 Å². The number of amides is 1. The number of para-hydroxylation sites is 1. The van der Waals surface area contributed by atoms with E-state index in [0.29, 0.717) is 5.69 Å². The molecule has 1 aromatic heterocycles. The molecule has 1 aliphatic heterocycles. The zero-order chi connectivity index (χ0) is 18.5. The maximum atomic E-state index is 12.7. The number of piperazine rings is 1. The van der Waals surface area contributed by atoms with Crippen LogP contribution in [0.1, 0.15) is 35.5 Å². The summed E-state index contributed by atoms with van der Waals surface area (Å²) in [6.07, 6.45) is 3.59. The minimum atomic E-state index is -0.148. The molecule has 138 valence electrons. The van der Waals surface area contributed by atoms with Gasteiger partial charge in [-0.2, -0.15) is 0 Å². The molecule has 0 bridgehead atoms. The van der Waals surface area contributed by atoms with Crippen LogP contribution in [0.4, 0.5) is 11.4 Å². The van der Waals surface area contributed by atoms with Crippen LogP contribution >= 0.6 is 0 Å². The summed E-state index contributed by atoms with van der Waals surface area (Å²) >= 11 is 0. The first-order valence-corrected chi connectivity index (χ1v) is 9.44. The summed E-state index contributed by atoms with van der Waals surface area (Å²) in [5.41, 5.74) is 4.79. The van der Waals surface area contributed by atoms with E-state index in [2.05, 4.69) is 59.2 Å². The molecule has 26 heavy (non-hydrogen) atoms. The molecular weight excluding hydrogens is 324 g/mol. The van der Waals surface area contributed by atoms with Gasteiger partial charge in [0.2, 0.25) is 0 Å². The lowest BCUT2D eigenvalue weighted by Gasteiger charge is -2.33. The zero-order valence-electron chi connectivity index (χ0n) is 16.0. The van der Waals surface area contributed by atoms with Crippen LogP contribution in [-0.2, 0) is 12.8 Å². The largest absolute Gasteiger partial charge is 0.368 e. The third kappa shape index (κ3) is 4.05. The van der Waals surface area contributed by atoms with Gasteiger partial charge >= 0.3 is 0 Å². The first kappa shape index (κ1) is 18.4. The summed E-state index contributed by atoms with van der Waals surface area (Å²) in [6, 6.07) is 10.0. The zero-order valence-corrected chi connectivity index (χ0v) is 16.0. The number of aromatic nitrogens is 1. The van der Waals surface area contributed by atoms with Crippen LogP contribution in [0.25, 0.3) is 0 Å². The molecule has 2 aromatic rings. The molecule has 5 nitrogen and oxygen atoms in total. The minimum Gasteiger partial charge on any atom is -0.368 e. The van der Waals surface area contributed by atoms with Gasteiger partial charge in [-0.1, -0.05) is 32.0 Å². The van der Waals surface area contributed by atoms with E-state index in [4.69, 9.17) is 0 Å². The van der Waals surface area contributed by atoms with Crippen molar-refractivity contribution >= 4 is 17.3 Å². The lowest BCUT2D eigenvalue weighted by molar-refractivity contribution is 0.102. The smallest absolute Gasteiger partial charge is 0.274 e. The van der Waals surface area contributed by atoms with Gasteiger partial charge in [0.15, 0.2) is 0 Å². The number of nitrogens with one attached hydrogen (secondary N) is 1. The van der Waals surface area contributed by atoms with Crippen LogP contribution in [0, 0.1) is 0 Å². The van der Waals surface area contributed by atoms with Crippen LogP contribution in [0.2, 0.25) is 0 Å². The Morgan fingerprint density at radius 3 is 2.23 bits per heavy atom. The predicted octanol–water partition coefficient (Wildman–Crippen LogP) is 3.21. The maximum absolute atomic E-state index is 12.7. The van der Waals surface area contributed by atoms with Crippen molar-refractivity contribution in [2.24, 2.45) is 0 Å². The highest BCUT2D eigenvalue weighted by molar-refractivity contribution is 6.03. The Morgan fingerprint density at radius 1 is 1.04 bits per heavy atom. The van der Waals surface area contributed by atoms with E-state index in [1.807, 2.05) is 18.3 Å². The number of pyridine rings is 1. The summed E-state index contributed by atoms with van der Waals surface area (Å²) in [5, 5.41) is 3.08. The Bertz CT molecular complexity index is 727. The molecule has 0 radical (unpaired) electrons. The van der Waals surface area contributed by atoms with Gasteiger partial charge in [0.1, 0.15) is 5.69 Å². The van der Waals surface area contributed by atoms with Crippen molar-refractivity contribution in [1.29, 1.82) is 0 Å². The molecule has 0 saturated carbocycles. The van der Waals surface area contributed by atoms with Gasteiger partial charge < -0.3 is 15.1 Å². The van der Waals surface area contributed by atoms with Crippen molar-refractivity contribution < 1.29 is 4.79 Å². The van der Waals surface area contributed by atoms with Crippen LogP contribution in [0.5, 0.6) is 0 Å². The third-order valence-corrected chi connectivity index (χ3v) is 5.09. The fourth-order valence-corrected chi connectivity index (χ4v) is 3.35. The number of carbonyl (C=O) groups is 1. The molecule has 0 atom stereocenters. The molecule has 1 saturated heterocycles. The number of benzene rings is 1. The van der Waals surface area contributed by atoms with Crippen LogP contribution < -0.4 is 10.2 Å². The lowest BCUT2D eigenvalue weighted by atomic mass is 10.0. The van der Waals surface area contributed by atoms with Gasteiger partial charge in [0, 0.05) is 31.9 Å². The Hall–Kier alpha value is -2.40. The second-order valence-corrected chi connectivity index (χ2v) is 6.80. The summed E-state index contributed by atoms with van der Waals surface area (Å²) in [6.45, 7) is 8.30. The lowest BCUT2D eigenvalue weighted by Crippen LogP contribution is -2.44. The van der Waals surface area contributed by atoms with E-state index < -0.39 is 0 Å². The van der Waals surface area contributed by atoms with Crippen LogP contribution in [0.3, 0.4) is 0 Å². The Morgan fingerprint density at radius 2 is 1.69 bits per heavy atom. The molecule has 5 heteroatoms. The fourth-order valence-electron chi connectivity index (χ4n) is 3.35. The molecule has 1 fully saturated rings. The molecule has 1 aromatic carbocycles. The highest BCUT2D eigenvalue weighted by atomic mass is 16.1. The number of rotatable bonds is 5. The van der Waals surface area contributed by atoms with Crippen LogP contribution in [0.15, 0.2) is 36.5 Å². The van der Waals surface area contributed by atoms with E-state index in [1.54, 1.807) is 0 Å². The van der Waals surface area contributed by atoms with Gasteiger partial charge in [-0.15, -0.1) is 0 Å². The number of anilines is 2. The van der Waals surface area contributed by atoms with Crippen molar-refractivity contribution in [1.82, 2.24) is 9.88 Å². The quantitative estimate of drug-likeness (QED) is 0.898. The minimum absolute atomic E-state index is 0.148. The molecule has 1 amide bonds. The molecule has 0 aliphatic carbocycles. The standard InChI is InChI=1S/C21H28N4O/c1-4-16-7-6-8-17(5-2)20(16)23-21(26)19-10-9-18(15-22-19)25-13-11-24(3)12-14-25/h6-10,15H,4-5,11-14H2,1-3H3,(H,23,26). The summed E-state index contributed by atoms with van der Waals surface area (Å²) in [5.74, 6) is -0.148. The van der Waals surface area contributed by atoms with Gasteiger partial charge in [0.05, 0.1) is 11.9 Å². The SMILES string of the molecule is CCc1cccc(CC)c1NC(=O)c1ccc(N2CCN(C)CC2)cn1. The Kier molecular flexibility index (Phi) is 5.89. The second kappa shape index (κ2) is 8.32. The number of carbonyl (C=O) groups excluding carboxylic acids is 1. The van der Waals surface area contributed by atoms with Gasteiger partial charge in [0.25, 0.3) is 5.91 Å². The molecule has 2 heterocycles. The normalized spacial score (nSPS) is 15.1. The molecule has 0 spiro atoms. The van der Waals surface area contributed by atoms with Gasteiger partial charge in [-0.3, -0.25) is 4.79 Å². The molecule has 3 rings (SSSR count). The summed E-state index contributed by atoms with van der Waals surface area (Å²) < 4.78 is 0. The summed E-state index contributed by atoms with van der Waals surface area (Å²) in [4.78, 5) is 21.7. The monoisotopic (exact) mass is 352 g/mol. The second-order valence-electron chi connectivity index (χ2n) is 6.80. The number of hydrogen-bond acceptors (Lipinski definition) is 4. The third-order valence-electron chi connectivity index (χ3n) is 5.09. The molecule has 1 N–H and O–H groups in total. The number of aryl methyl sites for hydroxylation is 2. The Labute approximate surface area is 156 Å². The summed E-state index contributed by atoms with van der Waals surface area (Å²) in [7, 11) is 2.14. The topological polar surface area (TPSA) is 48.5 Å². The number of likely N-dealkylation sites (N-methyl/N-ethyl adjacent to an activating group) is 1. The Balaban J connectivity index is 1.73. The van der Waals surface area contributed by atoms with Crippen molar-refractivity contribution in [3.8, 4) is 0 Å². The fraction of sp³-hybridized carbons (Fsp3) is 0.429. The first-order chi connectivity index (χ1) is 12.6. The van der Waals surface area contributed by atoms with E-state index in [0.717, 1.165) is 61.5 Å². The van der Waals surface area contributed by atoms with Crippen molar-refractivity contribution in [3.05, 3.63) is 53.3 Å². The average Bonchev–Trinajstić information content (AvgIpc) is 2.68. The number of nitrogens with zero attached hydrogens (tertiary/aromatic N) is 3. The van der Waals surface area contributed by atoms with E-state index in [-0.39, 0.29) is 5.91 Å². The van der Waals surface area contributed by atoms with E-state index in [9.17, 15) is 4.79 Å². The first-order valence-electron chi connectivity index (χ1n) is 9.44. The van der Waals surface area contributed by atoms with Gasteiger partial charge in [-0.05, 0) is 43.1 Å².